The zero-order valence-electron chi connectivity index (χ0n) is 15.0. The van der Waals surface area contributed by atoms with Gasteiger partial charge in [-0.2, -0.15) is 5.26 Å². The highest BCUT2D eigenvalue weighted by molar-refractivity contribution is 5.92. The molecule has 1 aliphatic heterocycles. The van der Waals surface area contributed by atoms with Gasteiger partial charge < -0.3 is 15.3 Å². The Labute approximate surface area is 148 Å². The molecule has 2 atom stereocenters. The van der Waals surface area contributed by atoms with E-state index in [2.05, 4.69) is 33.2 Å². The Morgan fingerprint density at radius 1 is 1.28 bits per heavy atom. The Morgan fingerprint density at radius 3 is 2.68 bits per heavy atom. The number of anilines is 1. The predicted octanol–water partition coefficient (Wildman–Crippen LogP) is 2.08. The average Bonchev–Trinajstić information content (AvgIpc) is 2.58. The molecule has 6 heteroatoms. The van der Waals surface area contributed by atoms with Crippen LogP contribution in [0, 0.1) is 17.2 Å². The summed E-state index contributed by atoms with van der Waals surface area (Å²) in [6.45, 7) is 8.21. The van der Waals surface area contributed by atoms with E-state index < -0.39 is 5.60 Å². The lowest BCUT2D eigenvalue weighted by Crippen LogP contribution is -2.51. The Morgan fingerprint density at radius 2 is 2.00 bits per heavy atom. The van der Waals surface area contributed by atoms with Gasteiger partial charge in [0, 0.05) is 38.1 Å². The summed E-state index contributed by atoms with van der Waals surface area (Å²) in [7, 11) is 0. The number of hydrogen-bond donors (Lipinski definition) is 2. The molecule has 3 rings (SSSR count). The Hall–Kier alpha value is -2.23. The molecule has 0 spiro atoms. The fraction of sp³-hybridized carbons (Fsp3) is 0.526. The molecule has 2 N–H and O–H groups in total. The molecule has 132 valence electrons. The van der Waals surface area contributed by atoms with Crippen LogP contribution >= 0.6 is 0 Å². The molecule has 1 saturated heterocycles. The molecule has 0 unspecified atom stereocenters. The van der Waals surface area contributed by atoms with Gasteiger partial charge in [0.2, 0.25) is 0 Å². The third kappa shape index (κ3) is 4.06. The molecule has 1 fully saturated rings. The standard InChI is InChI=1S/C19H25N5O/c1-13-8-15(23-12-19(2,3)25)11-24(10-13)16-5-4-14(9-20)17-18(16)22-7-6-21-17/h4-7,13,15,23,25H,8,10-12H2,1-3H3/t13-,15+/m0/s1. The Bertz CT molecular complexity index is 792. The van der Waals surface area contributed by atoms with Crippen LogP contribution in [-0.4, -0.2) is 46.4 Å². The van der Waals surface area contributed by atoms with Crippen molar-refractivity contribution in [2.75, 3.05) is 24.5 Å². The molecule has 6 nitrogen and oxygen atoms in total. The van der Waals surface area contributed by atoms with Crippen molar-refractivity contribution in [3.8, 4) is 6.07 Å². The minimum Gasteiger partial charge on any atom is -0.389 e. The van der Waals surface area contributed by atoms with E-state index in [0.29, 0.717) is 29.6 Å². The fourth-order valence-electron chi connectivity index (χ4n) is 3.48. The molecule has 1 aromatic carbocycles. The van der Waals surface area contributed by atoms with E-state index in [1.54, 1.807) is 12.4 Å². The van der Waals surface area contributed by atoms with E-state index in [9.17, 15) is 10.4 Å². The van der Waals surface area contributed by atoms with Crippen LogP contribution in [0.5, 0.6) is 0 Å². The van der Waals surface area contributed by atoms with Crippen molar-refractivity contribution >= 4 is 16.7 Å². The van der Waals surface area contributed by atoms with Crippen LogP contribution in [0.1, 0.15) is 32.8 Å². The van der Waals surface area contributed by atoms with Gasteiger partial charge in [0.15, 0.2) is 0 Å². The summed E-state index contributed by atoms with van der Waals surface area (Å²) in [5.74, 6) is 0.524. The Kier molecular flexibility index (Phi) is 4.89. The highest BCUT2D eigenvalue weighted by Crippen LogP contribution is 2.30. The maximum atomic E-state index is 9.97. The van der Waals surface area contributed by atoms with Crippen LogP contribution in [0.2, 0.25) is 0 Å². The van der Waals surface area contributed by atoms with E-state index >= 15 is 0 Å². The topological polar surface area (TPSA) is 85.1 Å². The van der Waals surface area contributed by atoms with Crippen molar-refractivity contribution in [2.24, 2.45) is 5.92 Å². The van der Waals surface area contributed by atoms with Crippen molar-refractivity contribution in [2.45, 2.75) is 38.8 Å². The van der Waals surface area contributed by atoms with Gasteiger partial charge in [-0.25, -0.2) is 0 Å². The highest BCUT2D eigenvalue weighted by Gasteiger charge is 2.27. The molecule has 0 saturated carbocycles. The van der Waals surface area contributed by atoms with E-state index in [1.165, 1.54) is 0 Å². The largest absolute Gasteiger partial charge is 0.389 e. The van der Waals surface area contributed by atoms with E-state index in [4.69, 9.17) is 0 Å². The van der Waals surface area contributed by atoms with Gasteiger partial charge in [0.1, 0.15) is 17.1 Å². The fourth-order valence-corrected chi connectivity index (χ4v) is 3.48. The van der Waals surface area contributed by atoms with Crippen molar-refractivity contribution in [3.63, 3.8) is 0 Å². The number of nitrogens with one attached hydrogen (secondary N) is 1. The normalized spacial score (nSPS) is 21.3. The highest BCUT2D eigenvalue weighted by atomic mass is 16.3. The van der Waals surface area contributed by atoms with Crippen LogP contribution in [0.4, 0.5) is 5.69 Å². The van der Waals surface area contributed by atoms with E-state index in [1.807, 2.05) is 26.0 Å². The lowest BCUT2D eigenvalue weighted by atomic mass is 9.94. The molecule has 1 aliphatic rings. The van der Waals surface area contributed by atoms with E-state index in [0.717, 1.165) is 30.7 Å². The predicted molar refractivity (Wildman–Crippen MR) is 98.3 cm³/mol. The van der Waals surface area contributed by atoms with Gasteiger partial charge in [-0.1, -0.05) is 6.92 Å². The molecule has 25 heavy (non-hydrogen) atoms. The summed E-state index contributed by atoms with van der Waals surface area (Å²) >= 11 is 0. The van der Waals surface area contributed by atoms with Crippen LogP contribution < -0.4 is 10.2 Å². The number of nitriles is 1. The molecule has 0 aliphatic carbocycles. The molecule has 0 bridgehead atoms. The average molecular weight is 339 g/mol. The van der Waals surface area contributed by atoms with Crippen LogP contribution in [0.3, 0.4) is 0 Å². The number of nitrogens with zero attached hydrogens (tertiary/aromatic N) is 4. The number of hydrogen-bond acceptors (Lipinski definition) is 6. The van der Waals surface area contributed by atoms with Gasteiger partial charge in [-0.3, -0.25) is 9.97 Å². The summed E-state index contributed by atoms with van der Waals surface area (Å²) in [5.41, 5.74) is 2.27. The third-order valence-electron chi connectivity index (χ3n) is 4.55. The van der Waals surface area contributed by atoms with Gasteiger partial charge in [-0.15, -0.1) is 0 Å². The number of benzene rings is 1. The second kappa shape index (κ2) is 6.95. The Balaban J connectivity index is 1.88. The molecule has 2 heterocycles. The lowest BCUT2D eigenvalue weighted by Gasteiger charge is -2.39. The summed E-state index contributed by atoms with van der Waals surface area (Å²) in [6, 6.07) is 6.29. The SMILES string of the molecule is C[C@H]1C[C@@H](NCC(C)(C)O)CN(c2ccc(C#N)c3nccnc23)C1. The first-order chi connectivity index (χ1) is 11.9. The second-order valence-corrected chi connectivity index (χ2v) is 7.63. The molecule has 0 amide bonds. The molecular weight excluding hydrogens is 314 g/mol. The number of aliphatic hydroxyl groups is 1. The van der Waals surface area contributed by atoms with Crippen LogP contribution in [0.15, 0.2) is 24.5 Å². The number of rotatable bonds is 4. The summed E-state index contributed by atoms with van der Waals surface area (Å²) < 4.78 is 0. The van der Waals surface area contributed by atoms with Crippen molar-refractivity contribution in [1.29, 1.82) is 5.26 Å². The van der Waals surface area contributed by atoms with Crippen molar-refractivity contribution < 1.29 is 5.11 Å². The number of fused-ring (bicyclic) bond motifs is 1. The van der Waals surface area contributed by atoms with Crippen molar-refractivity contribution in [3.05, 3.63) is 30.1 Å². The quantitative estimate of drug-likeness (QED) is 0.887. The monoisotopic (exact) mass is 339 g/mol. The summed E-state index contributed by atoms with van der Waals surface area (Å²) in [4.78, 5) is 11.2. The van der Waals surface area contributed by atoms with Gasteiger partial charge in [0.25, 0.3) is 0 Å². The second-order valence-electron chi connectivity index (χ2n) is 7.63. The van der Waals surface area contributed by atoms with Gasteiger partial charge in [0.05, 0.1) is 16.9 Å². The third-order valence-corrected chi connectivity index (χ3v) is 4.55. The van der Waals surface area contributed by atoms with Gasteiger partial charge in [-0.05, 0) is 38.3 Å². The molecule has 0 radical (unpaired) electrons. The summed E-state index contributed by atoms with van der Waals surface area (Å²) in [5, 5.41) is 22.8. The minimum atomic E-state index is -0.724. The first kappa shape index (κ1) is 17.6. The van der Waals surface area contributed by atoms with Crippen LogP contribution in [0.25, 0.3) is 11.0 Å². The lowest BCUT2D eigenvalue weighted by molar-refractivity contribution is 0.0748. The number of piperidine rings is 1. The van der Waals surface area contributed by atoms with Crippen LogP contribution in [-0.2, 0) is 0 Å². The first-order valence-corrected chi connectivity index (χ1v) is 8.72. The maximum Gasteiger partial charge on any atom is 0.113 e. The summed E-state index contributed by atoms with van der Waals surface area (Å²) in [6.07, 6.45) is 4.37. The number of aromatic nitrogens is 2. The zero-order valence-corrected chi connectivity index (χ0v) is 15.0. The van der Waals surface area contributed by atoms with Crippen molar-refractivity contribution in [1.82, 2.24) is 15.3 Å². The van der Waals surface area contributed by atoms with Gasteiger partial charge >= 0.3 is 0 Å². The first-order valence-electron chi connectivity index (χ1n) is 8.72. The molecule has 1 aromatic heterocycles. The smallest absolute Gasteiger partial charge is 0.113 e. The van der Waals surface area contributed by atoms with E-state index in [-0.39, 0.29) is 0 Å². The molecule has 2 aromatic rings. The minimum absolute atomic E-state index is 0.303. The maximum absolute atomic E-state index is 9.97. The zero-order chi connectivity index (χ0) is 18.0. The molecular formula is C19H25N5O.